The van der Waals surface area contributed by atoms with E-state index < -0.39 is 24.7 Å². The van der Waals surface area contributed by atoms with Crippen molar-refractivity contribution in [2.75, 3.05) is 38.8 Å². The van der Waals surface area contributed by atoms with Crippen LogP contribution in [0.1, 0.15) is 28.3 Å². The van der Waals surface area contributed by atoms with E-state index in [4.69, 9.17) is 27.5 Å². The van der Waals surface area contributed by atoms with Gasteiger partial charge in [0.15, 0.2) is 10.7 Å². The van der Waals surface area contributed by atoms with Crippen LogP contribution in [0.2, 0.25) is 4.34 Å². The maximum Gasteiger partial charge on any atom is 0.401 e. The van der Waals surface area contributed by atoms with Crippen molar-refractivity contribution >= 4 is 34.5 Å². The summed E-state index contributed by atoms with van der Waals surface area (Å²) < 4.78 is 49.8. The predicted molar refractivity (Wildman–Crippen MR) is 117 cm³/mol. The van der Waals surface area contributed by atoms with Crippen LogP contribution < -0.4 is 14.4 Å². The van der Waals surface area contributed by atoms with Crippen LogP contribution in [0.5, 0.6) is 11.5 Å². The molecule has 0 radical (unpaired) electrons. The van der Waals surface area contributed by atoms with E-state index in [0.29, 0.717) is 30.0 Å². The summed E-state index contributed by atoms with van der Waals surface area (Å²) in [5, 5.41) is 0.240. The Balaban J connectivity index is 2.04. The third-order valence-corrected chi connectivity index (χ3v) is 6.18. The first-order valence-electron chi connectivity index (χ1n) is 9.64. The van der Waals surface area contributed by atoms with Crippen LogP contribution in [0.3, 0.4) is 0 Å². The first kappa shape index (κ1) is 24.2. The molecule has 1 aromatic carbocycles. The summed E-state index contributed by atoms with van der Waals surface area (Å²) >= 11 is 7.21. The van der Waals surface area contributed by atoms with Crippen molar-refractivity contribution in [1.82, 2.24) is 9.88 Å². The molecular weight excluding hydrogens is 467 g/mol. The number of methoxy groups -OCH3 is 2. The lowest BCUT2D eigenvalue weighted by Crippen LogP contribution is -2.52. The zero-order chi connectivity index (χ0) is 23.5. The van der Waals surface area contributed by atoms with Gasteiger partial charge in [-0.3, -0.25) is 9.69 Å². The maximum atomic E-state index is 13.6. The van der Waals surface area contributed by atoms with Crippen LogP contribution in [0.4, 0.5) is 18.9 Å². The lowest BCUT2D eigenvalue weighted by molar-refractivity contribution is -0.148. The number of benzene rings is 1. The van der Waals surface area contributed by atoms with Crippen LogP contribution in [-0.2, 0) is 0 Å². The van der Waals surface area contributed by atoms with E-state index in [9.17, 15) is 18.0 Å². The van der Waals surface area contributed by atoms with E-state index in [0.717, 1.165) is 11.3 Å². The van der Waals surface area contributed by atoms with Gasteiger partial charge in [-0.05, 0) is 25.3 Å². The van der Waals surface area contributed by atoms with E-state index in [-0.39, 0.29) is 28.1 Å². The first-order chi connectivity index (χ1) is 15.1. The third kappa shape index (κ3) is 5.65. The lowest BCUT2D eigenvalue weighted by Gasteiger charge is -2.39. The summed E-state index contributed by atoms with van der Waals surface area (Å²) in [6.45, 7) is -0.724. The van der Waals surface area contributed by atoms with Gasteiger partial charge < -0.3 is 14.4 Å². The molecule has 1 aliphatic heterocycles. The van der Waals surface area contributed by atoms with Gasteiger partial charge in [0, 0.05) is 24.7 Å². The standard InChI is InChI=1S/C21H21ClF3N3O3S/c1-4-17-26-18(19(22)32-17)20(29)28(14-8-15(30-2)10-16(9-14)31-3)13-6-5-7-27(11-13)12-21(23,24)25/h1,8-10,13H,5-7,11-12H2,2-3H3/t13-/m1/s1. The minimum absolute atomic E-state index is 0.0362. The van der Waals surface area contributed by atoms with Crippen LogP contribution in [0.25, 0.3) is 0 Å². The smallest absolute Gasteiger partial charge is 0.401 e. The fourth-order valence-corrected chi connectivity index (χ4v) is 4.61. The summed E-state index contributed by atoms with van der Waals surface area (Å²) in [6.07, 6.45) is 2.04. The Morgan fingerprint density at radius 1 is 1.34 bits per heavy atom. The van der Waals surface area contributed by atoms with E-state index in [1.165, 1.54) is 24.0 Å². The van der Waals surface area contributed by atoms with E-state index >= 15 is 0 Å². The van der Waals surface area contributed by atoms with Crippen LogP contribution in [0, 0.1) is 12.3 Å². The Kier molecular flexibility index (Phi) is 7.54. The van der Waals surface area contributed by atoms with Crippen molar-refractivity contribution in [2.45, 2.75) is 25.1 Å². The molecule has 0 bridgehead atoms. The van der Waals surface area contributed by atoms with Gasteiger partial charge in [-0.2, -0.15) is 13.2 Å². The summed E-state index contributed by atoms with van der Waals surface area (Å²) in [4.78, 5) is 20.4. The van der Waals surface area contributed by atoms with Crippen molar-refractivity contribution in [2.24, 2.45) is 0 Å². The molecule has 1 amide bonds. The molecule has 3 rings (SSSR count). The van der Waals surface area contributed by atoms with Crippen LogP contribution >= 0.6 is 22.9 Å². The molecule has 0 N–H and O–H groups in total. The molecule has 172 valence electrons. The fraction of sp³-hybridized carbons (Fsp3) is 0.429. The minimum atomic E-state index is -4.34. The predicted octanol–water partition coefficient (Wildman–Crippen LogP) is 4.47. The molecule has 0 spiro atoms. The molecule has 1 aromatic heterocycles. The number of amides is 1. The van der Waals surface area contributed by atoms with Crippen molar-refractivity contribution in [3.63, 3.8) is 0 Å². The highest BCUT2D eigenvalue weighted by molar-refractivity contribution is 7.16. The molecule has 0 saturated carbocycles. The Morgan fingerprint density at radius 2 is 2.00 bits per heavy atom. The minimum Gasteiger partial charge on any atom is -0.497 e. The van der Waals surface area contributed by atoms with E-state index in [2.05, 4.69) is 10.9 Å². The number of anilines is 1. The molecular formula is C21H21ClF3N3O3S. The molecule has 0 aliphatic carbocycles. The number of carbonyl (C=O) groups is 1. The summed E-state index contributed by atoms with van der Waals surface area (Å²) in [5.74, 6) is 2.65. The lowest BCUT2D eigenvalue weighted by atomic mass is 10.0. The number of halogens is 4. The second kappa shape index (κ2) is 9.98. The molecule has 6 nitrogen and oxygen atoms in total. The zero-order valence-corrected chi connectivity index (χ0v) is 19.0. The summed E-state index contributed by atoms with van der Waals surface area (Å²) in [7, 11) is 2.93. The van der Waals surface area contributed by atoms with Gasteiger partial charge in [0.2, 0.25) is 0 Å². The quantitative estimate of drug-likeness (QED) is 0.563. The average Bonchev–Trinajstić information content (AvgIpc) is 3.13. The number of likely N-dealkylation sites (tertiary alicyclic amines) is 1. The number of aromatic nitrogens is 1. The number of hydrogen-bond acceptors (Lipinski definition) is 6. The maximum absolute atomic E-state index is 13.6. The van der Waals surface area contributed by atoms with Gasteiger partial charge in [0.1, 0.15) is 15.8 Å². The molecule has 1 saturated heterocycles. The van der Waals surface area contributed by atoms with E-state index in [1.807, 2.05) is 0 Å². The number of terminal acetylenes is 1. The fourth-order valence-electron chi connectivity index (χ4n) is 3.67. The van der Waals surface area contributed by atoms with Crippen molar-refractivity contribution in [3.05, 3.63) is 33.2 Å². The topological polar surface area (TPSA) is 54.9 Å². The van der Waals surface area contributed by atoms with Crippen LogP contribution in [0.15, 0.2) is 18.2 Å². The van der Waals surface area contributed by atoms with Gasteiger partial charge in [-0.15, -0.1) is 6.42 Å². The molecule has 32 heavy (non-hydrogen) atoms. The first-order valence-corrected chi connectivity index (χ1v) is 10.8. The number of nitrogens with zero attached hydrogens (tertiary/aromatic N) is 3. The highest BCUT2D eigenvalue weighted by Gasteiger charge is 2.37. The summed E-state index contributed by atoms with van der Waals surface area (Å²) in [6, 6.07) is 4.31. The monoisotopic (exact) mass is 487 g/mol. The van der Waals surface area contributed by atoms with Crippen molar-refractivity contribution in [3.8, 4) is 23.8 Å². The largest absolute Gasteiger partial charge is 0.497 e. The Labute approximate surface area is 192 Å². The van der Waals surface area contributed by atoms with Gasteiger partial charge >= 0.3 is 6.18 Å². The SMILES string of the molecule is C#Cc1nc(C(=O)N(c2cc(OC)cc(OC)c2)[C@@H]2CCCN(CC(F)(F)F)C2)c(Cl)s1. The molecule has 1 atom stereocenters. The molecule has 2 heterocycles. The normalized spacial score (nSPS) is 17.0. The second-order valence-corrected chi connectivity index (χ2v) is 8.78. The van der Waals surface area contributed by atoms with Gasteiger partial charge in [0.05, 0.1) is 32.5 Å². The number of carbonyl (C=O) groups excluding carboxylic acids is 1. The van der Waals surface area contributed by atoms with Gasteiger partial charge in [-0.25, -0.2) is 4.98 Å². The Bertz CT molecular complexity index is 1000. The molecule has 2 aromatic rings. The number of alkyl halides is 3. The number of ether oxygens (including phenoxy) is 2. The Morgan fingerprint density at radius 3 is 2.53 bits per heavy atom. The van der Waals surface area contributed by atoms with Crippen molar-refractivity contribution in [1.29, 1.82) is 0 Å². The van der Waals surface area contributed by atoms with Crippen molar-refractivity contribution < 1.29 is 27.4 Å². The zero-order valence-electron chi connectivity index (χ0n) is 17.4. The number of hydrogen-bond donors (Lipinski definition) is 0. The second-order valence-electron chi connectivity index (χ2n) is 7.18. The highest BCUT2D eigenvalue weighted by atomic mass is 35.5. The number of thiazole rings is 1. The third-order valence-electron chi connectivity index (χ3n) is 4.99. The highest BCUT2D eigenvalue weighted by Crippen LogP contribution is 2.34. The van der Waals surface area contributed by atoms with Gasteiger partial charge in [-0.1, -0.05) is 22.9 Å². The number of piperidine rings is 1. The molecule has 11 heteroatoms. The molecule has 1 aliphatic rings. The molecule has 1 fully saturated rings. The average molecular weight is 488 g/mol. The molecule has 0 unspecified atom stereocenters. The van der Waals surface area contributed by atoms with Crippen LogP contribution in [-0.4, -0.2) is 61.9 Å². The van der Waals surface area contributed by atoms with E-state index in [1.54, 1.807) is 18.2 Å². The summed E-state index contributed by atoms with van der Waals surface area (Å²) in [5.41, 5.74) is 0.357. The number of rotatable bonds is 6. The van der Waals surface area contributed by atoms with Gasteiger partial charge in [0.25, 0.3) is 5.91 Å². The Hall–Kier alpha value is -2.48.